The Morgan fingerprint density at radius 2 is 1.83 bits per heavy atom. The molecule has 23 heavy (non-hydrogen) atoms. The fourth-order valence-electron chi connectivity index (χ4n) is 5.20. The summed E-state index contributed by atoms with van der Waals surface area (Å²) in [7, 11) is -3.91. The Balaban J connectivity index is 1.68. The first kappa shape index (κ1) is 15.2. The van der Waals surface area contributed by atoms with E-state index in [-0.39, 0.29) is 10.8 Å². The van der Waals surface area contributed by atoms with Crippen molar-refractivity contribution in [3.8, 4) is 6.07 Å². The molecule has 0 N–H and O–H groups in total. The second-order valence-corrected chi connectivity index (χ2v) is 9.14. The van der Waals surface area contributed by atoms with E-state index in [9.17, 15) is 13.7 Å². The Bertz CT molecular complexity index is 762. The van der Waals surface area contributed by atoms with Crippen molar-refractivity contribution in [3.05, 3.63) is 29.8 Å². The Hall–Kier alpha value is -1.38. The lowest BCUT2D eigenvalue weighted by Gasteiger charge is -2.43. The minimum absolute atomic E-state index is 0.0662. The average Bonchev–Trinajstić information content (AvgIpc) is 2.75. The van der Waals surface area contributed by atoms with Crippen LogP contribution >= 0.6 is 0 Å². The van der Waals surface area contributed by atoms with Crippen molar-refractivity contribution in [2.75, 3.05) is 0 Å². The van der Waals surface area contributed by atoms with Crippen LogP contribution in [0, 0.1) is 41.9 Å². The van der Waals surface area contributed by atoms with Gasteiger partial charge in [-0.3, -0.25) is 0 Å². The molecule has 3 aliphatic rings. The van der Waals surface area contributed by atoms with E-state index >= 15 is 0 Å². The summed E-state index contributed by atoms with van der Waals surface area (Å²) in [5.41, 5.74) is -0.170. The van der Waals surface area contributed by atoms with Gasteiger partial charge in [-0.25, -0.2) is 4.18 Å². The third kappa shape index (κ3) is 2.40. The fraction of sp³-hybridized carbons (Fsp3) is 0.611. The van der Waals surface area contributed by atoms with Crippen LogP contribution in [0.3, 0.4) is 0 Å². The van der Waals surface area contributed by atoms with Crippen LogP contribution < -0.4 is 0 Å². The van der Waals surface area contributed by atoms with Gasteiger partial charge in [0.05, 0.1) is 11.0 Å². The Morgan fingerprint density at radius 1 is 1.13 bits per heavy atom. The number of hydrogen-bond donors (Lipinski definition) is 0. The summed E-state index contributed by atoms with van der Waals surface area (Å²) in [6.45, 7) is 1.91. The van der Waals surface area contributed by atoms with Crippen molar-refractivity contribution in [1.82, 2.24) is 0 Å². The van der Waals surface area contributed by atoms with Crippen molar-refractivity contribution < 1.29 is 12.6 Å². The third-order valence-corrected chi connectivity index (χ3v) is 7.41. The van der Waals surface area contributed by atoms with Gasteiger partial charge in [-0.15, -0.1) is 0 Å². The molecule has 5 atom stereocenters. The summed E-state index contributed by atoms with van der Waals surface area (Å²) >= 11 is 0. The molecule has 4 nitrogen and oxygen atoms in total. The topological polar surface area (TPSA) is 67.2 Å². The fourth-order valence-corrected chi connectivity index (χ4v) is 6.38. The third-order valence-electron chi connectivity index (χ3n) is 6.04. The number of hydrogen-bond acceptors (Lipinski definition) is 4. The van der Waals surface area contributed by atoms with Gasteiger partial charge in [0.25, 0.3) is 10.1 Å². The molecule has 0 saturated heterocycles. The zero-order valence-electron chi connectivity index (χ0n) is 13.2. The van der Waals surface area contributed by atoms with Crippen molar-refractivity contribution in [3.63, 3.8) is 0 Å². The predicted molar refractivity (Wildman–Crippen MR) is 84.8 cm³/mol. The summed E-state index contributed by atoms with van der Waals surface area (Å²) in [6.07, 6.45) is 4.91. The molecule has 0 amide bonds. The monoisotopic (exact) mass is 331 g/mol. The van der Waals surface area contributed by atoms with Gasteiger partial charge in [0.15, 0.2) is 5.60 Å². The molecule has 122 valence electrons. The molecule has 1 aromatic rings. The SMILES string of the molecule is Cc1ccc(S(=O)(=O)O[C@]2(C#N)C[C@H]3C[C@@H]4C[C@H](C3)[C@H]2C4)cc1. The summed E-state index contributed by atoms with van der Waals surface area (Å²) < 4.78 is 31.1. The summed E-state index contributed by atoms with van der Waals surface area (Å²) in [4.78, 5) is 0.144. The molecule has 4 rings (SSSR count). The molecule has 3 bridgehead atoms. The highest BCUT2D eigenvalue weighted by molar-refractivity contribution is 7.86. The van der Waals surface area contributed by atoms with Crippen LogP contribution in [0.1, 0.15) is 37.7 Å². The quantitative estimate of drug-likeness (QED) is 0.796. The molecule has 5 heteroatoms. The lowest BCUT2D eigenvalue weighted by Crippen LogP contribution is -2.48. The minimum atomic E-state index is -3.91. The Kier molecular flexibility index (Phi) is 3.33. The molecule has 3 saturated carbocycles. The molecule has 3 aliphatic carbocycles. The lowest BCUT2D eigenvalue weighted by molar-refractivity contribution is -0.0121. The predicted octanol–water partition coefficient (Wildman–Crippen LogP) is 3.42. The molecule has 1 aromatic carbocycles. The summed E-state index contributed by atoms with van der Waals surface area (Å²) in [5, 5.41) is 9.84. The van der Waals surface area contributed by atoms with E-state index in [0.29, 0.717) is 24.2 Å². The van der Waals surface area contributed by atoms with E-state index in [1.165, 1.54) is 0 Å². The van der Waals surface area contributed by atoms with Crippen molar-refractivity contribution >= 4 is 10.1 Å². The number of nitriles is 1. The summed E-state index contributed by atoms with van der Waals surface area (Å²) in [6, 6.07) is 8.91. The number of aryl methyl sites for hydroxylation is 1. The van der Waals surface area contributed by atoms with E-state index in [1.807, 2.05) is 6.92 Å². The zero-order chi connectivity index (χ0) is 16.2. The maximum atomic E-state index is 12.7. The van der Waals surface area contributed by atoms with Crippen molar-refractivity contribution in [2.24, 2.45) is 23.7 Å². The maximum absolute atomic E-state index is 12.7. The van der Waals surface area contributed by atoms with Crippen LogP contribution in [0.4, 0.5) is 0 Å². The average molecular weight is 331 g/mol. The first-order chi connectivity index (χ1) is 10.9. The van der Waals surface area contributed by atoms with Gasteiger partial charge in [0.2, 0.25) is 0 Å². The van der Waals surface area contributed by atoms with Crippen LogP contribution in [0.2, 0.25) is 0 Å². The standard InChI is InChI=1S/C18H21NO3S/c1-12-2-4-16(5-3-12)23(20,21)22-18(11-19)10-14-6-13-7-15(8-14)17(18)9-13/h2-5,13-15,17H,6-10H2,1H3/t13-,14+,15-,17-,18+/m1/s1. The van der Waals surface area contributed by atoms with Crippen LogP contribution in [-0.4, -0.2) is 14.0 Å². The van der Waals surface area contributed by atoms with Crippen molar-refractivity contribution in [2.45, 2.75) is 49.5 Å². The van der Waals surface area contributed by atoms with Gasteiger partial charge in [0.1, 0.15) is 0 Å². The lowest BCUT2D eigenvalue weighted by atomic mass is 9.65. The van der Waals surface area contributed by atoms with Gasteiger partial charge in [-0.2, -0.15) is 13.7 Å². The van der Waals surface area contributed by atoms with Gasteiger partial charge in [-0.05, 0) is 68.9 Å². The van der Waals surface area contributed by atoms with Crippen LogP contribution in [0.25, 0.3) is 0 Å². The van der Waals surface area contributed by atoms with E-state index in [0.717, 1.165) is 31.2 Å². The van der Waals surface area contributed by atoms with E-state index in [4.69, 9.17) is 4.18 Å². The first-order valence-corrected chi connectivity index (χ1v) is 9.76. The van der Waals surface area contributed by atoms with Crippen molar-refractivity contribution in [1.29, 1.82) is 5.26 Å². The highest BCUT2D eigenvalue weighted by atomic mass is 32.2. The molecule has 0 radical (unpaired) electrons. The number of rotatable bonds is 3. The van der Waals surface area contributed by atoms with Crippen LogP contribution in [0.15, 0.2) is 29.2 Å². The Labute approximate surface area is 137 Å². The number of nitrogens with zero attached hydrogens (tertiary/aromatic N) is 1. The molecule has 0 spiro atoms. The number of benzene rings is 1. The smallest absolute Gasteiger partial charge is 0.244 e. The first-order valence-electron chi connectivity index (χ1n) is 8.35. The van der Waals surface area contributed by atoms with E-state index in [1.54, 1.807) is 24.3 Å². The molecule has 3 fully saturated rings. The second kappa shape index (κ2) is 5.06. The highest BCUT2D eigenvalue weighted by Crippen LogP contribution is 2.60. The zero-order valence-corrected chi connectivity index (χ0v) is 14.1. The molecule has 0 unspecified atom stereocenters. The van der Waals surface area contributed by atoms with E-state index < -0.39 is 15.7 Å². The highest BCUT2D eigenvalue weighted by Gasteiger charge is 2.59. The second-order valence-electron chi connectivity index (χ2n) is 7.60. The van der Waals surface area contributed by atoms with Gasteiger partial charge in [-0.1, -0.05) is 17.7 Å². The van der Waals surface area contributed by atoms with Gasteiger partial charge in [0, 0.05) is 5.92 Å². The molecule has 0 heterocycles. The van der Waals surface area contributed by atoms with Crippen LogP contribution in [0.5, 0.6) is 0 Å². The number of fused-ring (bicyclic) bond motifs is 2. The van der Waals surface area contributed by atoms with Gasteiger partial charge < -0.3 is 0 Å². The normalized spacial score (nSPS) is 38.4. The molecule has 0 aliphatic heterocycles. The van der Waals surface area contributed by atoms with E-state index in [2.05, 4.69) is 6.07 Å². The van der Waals surface area contributed by atoms with Crippen LogP contribution in [-0.2, 0) is 14.3 Å². The summed E-state index contributed by atoms with van der Waals surface area (Å²) in [5.74, 6) is 1.62. The largest absolute Gasteiger partial charge is 0.298 e. The minimum Gasteiger partial charge on any atom is -0.244 e. The molecule has 0 aromatic heterocycles. The maximum Gasteiger partial charge on any atom is 0.298 e. The molecular formula is C18H21NO3S. The van der Waals surface area contributed by atoms with Gasteiger partial charge >= 0.3 is 0 Å². The molecular weight excluding hydrogens is 310 g/mol. The Morgan fingerprint density at radius 3 is 2.52 bits per heavy atom.